The summed E-state index contributed by atoms with van der Waals surface area (Å²) in [5.41, 5.74) is 3.87. The van der Waals surface area contributed by atoms with Crippen LogP contribution in [0, 0.1) is 24.0 Å². The first-order valence-corrected chi connectivity index (χ1v) is 11.8. The first-order valence-electron chi connectivity index (χ1n) is 10.1. The Bertz CT molecular complexity index is 1400. The Hall–Kier alpha value is -3.77. The number of hydrogen-bond acceptors (Lipinski definition) is 8. The number of hydrogen-bond donors (Lipinski definition) is 1. The van der Waals surface area contributed by atoms with Crippen LogP contribution in [0.5, 0.6) is 0 Å². The molecular weight excluding hydrogens is 474 g/mol. The zero-order chi connectivity index (χ0) is 24.4. The van der Waals surface area contributed by atoms with Crippen LogP contribution in [-0.4, -0.2) is 35.1 Å². The maximum atomic E-state index is 12.8. The largest absolute Gasteiger partial charge is 0.345 e. The molecule has 0 saturated carbocycles. The molecule has 0 bridgehead atoms. The summed E-state index contributed by atoms with van der Waals surface area (Å²) >= 11 is 2.40. The lowest BCUT2D eigenvalue weighted by Gasteiger charge is -2.06. The zero-order valence-electron chi connectivity index (χ0n) is 18.7. The Kier molecular flexibility index (Phi) is 6.61. The number of nitrogens with one attached hydrogen (secondary N) is 1. The van der Waals surface area contributed by atoms with Gasteiger partial charge in [-0.25, -0.2) is 4.98 Å². The normalized spacial score (nSPS) is 10.9. The summed E-state index contributed by atoms with van der Waals surface area (Å²) in [6, 6.07) is 6.38. The first kappa shape index (κ1) is 23.4. The van der Waals surface area contributed by atoms with Crippen LogP contribution >= 0.6 is 23.1 Å². The van der Waals surface area contributed by atoms with Crippen LogP contribution in [-0.2, 0) is 13.6 Å². The van der Waals surface area contributed by atoms with Gasteiger partial charge in [0.25, 0.3) is 11.6 Å². The highest BCUT2D eigenvalue weighted by molar-refractivity contribution is 7.99. The number of carbonyl (C=O) groups is 1. The number of rotatable bonds is 8. The Morgan fingerprint density at radius 2 is 2.15 bits per heavy atom. The van der Waals surface area contributed by atoms with Gasteiger partial charge in [0.2, 0.25) is 0 Å². The molecule has 10 nitrogen and oxygen atoms in total. The third-order valence-electron chi connectivity index (χ3n) is 5.17. The van der Waals surface area contributed by atoms with Gasteiger partial charge in [-0.15, -0.1) is 28.1 Å². The van der Waals surface area contributed by atoms with Crippen LogP contribution in [0.3, 0.4) is 0 Å². The average Bonchev–Trinajstić information content (AvgIpc) is 3.50. The maximum Gasteiger partial charge on any atom is 0.284 e. The smallest absolute Gasteiger partial charge is 0.284 e. The Morgan fingerprint density at radius 3 is 2.82 bits per heavy atom. The molecule has 0 saturated heterocycles. The Labute approximate surface area is 203 Å². The summed E-state index contributed by atoms with van der Waals surface area (Å²) in [7, 11) is 1.75. The molecule has 0 spiro atoms. The van der Waals surface area contributed by atoms with Crippen molar-refractivity contribution in [2.45, 2.75) is 30.4 Å². The number of nitro benzene ring substituents is 1. The van der Waals surface area contributed by atoms with E-state index in [0.717, 1.165) is 34.4 Å². The van der Waals surface area contributed by atoms with Gasteiger partial charge in [0, 0.05) is 47.6 Å². The number of aryl methyl sites for hydroxylation is 2. The minimum absolute atomic E-state index is 0.162. The van der Waals surface area contributed by atoms with Crippen molar-refractivity contribution < 1.29 is 9.72 Å². The predicted octanol–water partition coefficient (Wildman–Crippen LogP) is 4.85. The molecule has 3 aromatic heterocycles. The highest BCUT2D eigenvalue weighted by Gasteiger charge is 2.21. The maximum absolute atomic E-state index is 12.8. The number of thiazole rings is 1. The van der Waals surface area contributed by atoms with E-state index in [1.54, 1.807) is 17.7 Å². The minimum Gasteiger partial charge on any atom is -0.345 e. The van der Waals surface area contributed by atoms with E-state index < -0.39 is 10.8 Å². The Morgan fingerprint density at radius 1 is 1.35 bits per heavy atom. The van der Waals surface area contributed by atoms with Crippen LogP contribution < -0.4 is 5.32 Å². The highest BCUT2D eigenvalue weighted by atomic mass is 32.2. The number of anilines is 1. The van der Waals surface area contributed by atoms with Crippen LogP contribution in [0.15, 0.2) is 58.7 Å². The molecule has 0 aliphatic rings. The van der Waals surface area contributed by atoms with Crippen molar-refractivity contribution in [3.05, 3.63) is 75.7 Å². The van der Waals surface area contributed by atoms with Gasteiger partial charge in [-0.05, 0) is 43.8 Å². The molecule has 3 heterocycles. The fourth-order valence-electron chi connectivity index (χ4n) is 3.45. The number of carbonyl (C=O) groups excluding carboxylic acids is 1. The minimum atomic E-state index is -0.518. The summed E-state index contributed by atoms with van der Waals surface area (Å²) in [4.78, 5) is 28.8. The van der Waals surface area contributed by atoms with Crippen molar-refractivity contribution in [1.82, 2.24) is 24.3 Å². The zero-order valence-corrected chi connectivity index (χ0v) is 20.3. The van der Waals surface area contributed by atoms with E-state index in [-0.39, 0.29) is 11.3 Å². The molecule has 0 aliphatic heterocycles. The third-order valence-corrected chi connectivity index (χ3v) is 7.05. The lowest BCUT2D eigenvalue weighted by atomic mass is 10.2. The molecule has 0 unspecified atom stereocenters. The molecule has 1 amide bonds. The number of aromatic nitrogens is 5. The molecule has 4 aromatic rings. The summed E-state index contributed by atoms with van der Waals surface area (Å²) in [5, 5.41) is 24.9. The summed E-state index contributed by atoms with van der Waals surface area (Å²) in [6.45, 7) is 8.54. The fraction of sp³-hybridized carbons (Fsp3) is 0.182. The molecule has 0 aliphatic carbocycles. The van der Waals surface area contributed by atoms with Crippen LogP contribution in [0.1, 0.15) is 21.7 Å². The number of amides is 1. The molecule has 0 atom stereocenters. The monoisotopic (exact) mass is 495 g/mol. The molecule has 4 rings (SSSR count). The van der Waals surface area contributed by atoms with Gasteiger partial charge in [0.1, 0.15) is 6.33 Å². The van der Waals surface area contributed by atoms with Crippen molar-refractivity contribution in [3.63, 3.8) is 0 Å². The molecule has 1 aromatic carbocycles. The molecule has 0 radical (unpaired) electrons. The van der Waals surface area contributed by atoms with Crippen molar-refractivity contribution >= 4 is 39.8 Å². The highest BCUT2D eigenvalue weighted by Crippen LogP contribution is 2.35. The molecule has 0 fully saturated rings. The van der Waals surface area contributed by atoms with E-state index in [4.69, 9.17) is 0 Å². The van der Waals surface area contributed by atoms with Crippen molar-refractivity contribution in [3.8, 4) is 11.3 Å². The van der Waals surface area contributed by atoms with Crippen molar-refractivity contribution in [2.24, 2.45) is 7.05 Å². The average molecular weight is 496 g/mol. The first-order chi connectivity index (χ1) is 16.3. The van der Waals surface area contributed by atoms with Gasteiger partial charge >= 0.3 is 0 Å². The third kappa shape index (κ3) is 4.63. The van der Waals surface area contributed by atoms with Gasteiger partial charge in [0.15, 0.2) is 10.3 Å². The summed E-state index contributed by atoms with van der Waals surface area (Å²) in [6.07, 6.45) is 3.35. The second-order valence-corrected chi connectivity index (χ2v) is 9.31. The van der Waals surface area contributed by atoms with E-state index in [0.29, 0.717) is 21.7 Å². The lowest BCUT2D eigenvalue weighted by Crippen LogP contribution is -2.12. The van der Waals surface area contributed by atoms with E-state index in [2.05, 4.69) is 37.7 Å². The summed E-state index contributed by atoms with van der Waals surface area (Å²) in [5.74, 6) is -0.476. The summed E-state index contributed by atoms with van der Waals surface area (Å²) < 4.78 is 3.80. The SMILES string of the molecule is C=CCn1c(C)cc(-c2csc(NC(=O)c3ccc(Sc4nncn4C)c([N+](=O)[O-])c3)n2)c1C. The lowest BCUT2D eigenvalue weighted by molar-refractivity contribution is -0.387. The van der Waals surface area contributed by atoms with Gasteiger partial charge < -0.3 is 9.13 Å². The van der Waals surface area contributed by atoms with E-state index in [1.807, 2.05) is 25.3 Å². The quantitative estimate of drug-likeness (QED) is 0.211. The van der Waals surface area contributed by atoms with Gasteiger partial charge in [0.05, 0.1) is 15.5 Å². The van der Waals surface area contributed by atoms with E-state index in [1.165, 1.54) is 29.8 Å². The number of nitrogens with zero attached hydrogens (tertiary/aromatic N) is 6. The van der Waals surface area contributed by atoms with Gasteiger partial charge in [-0.2, -0.15) is 0 Å². The molecule has 34 heavy (non-hydrogen) atoms. The van der Waals surface area contributed by atoms with Crippen LogP contribution in [0.4, 0.5) is 10.8 Å². The molecule has 1 N–H and O–H groups in total. The fourth-order valence-corrected chi connectivity index (χ4v) is 5.00. The van der Waals surface area contributed by atoms with Crippen molar-refractivity contribution in [1.29, 1.82) is 0 Å². The van der Waals surface area contributed by atoms with Crippen LogP contribution in [0.2, 0.25) is 0 Å². The molecule has 174 valence electrons. The van der Waals surface area contributed by atoms with Gasteiger partial charge in [-0.1, -0.05) is 6.08 Å². The molecule has 12 heteroatoms. The second-order valence-electron chi connectivity index (χ2n) is 7.44. The van der Waals surface area contributed by atoms with Crippen LogP contribution in [0.25, 0.3) is 11.3 Å². The number of nitro groups is 1. The second kappa shape index (κ2) is 9.61. The number of benzene rings is 1. The van der Waals surface area contributed by atoms with E-state index >= 15 is 0 Å². The van der Waals surface area contributed by atoms with Gasteiger partial charge in [-0.3, -0.25) is 20.2 Å². The number of allylic oxidation sites excluding steroid dienone is 1. The topological polar surface area (TPSA) is 121 Å². The Balaban J connectivity index is 1.54. The standard InChI is InChI=1S/C22H21N7O3S2/c1-5-8-28-13(2)9-16(14(28)3)17-11-33-21(24-17)25-20(30)15-6-7-19(18(10-15)29(31)32)34-22-26-23-12-27(22)4/h5-7,9-12H,1,8H2,2-4H3,(H,24,25,30). The predicted molar refractivity (Wildman–Crippen MR) is 131 cm³/mol. The van der Waals surface area contributed by atoms with Crippen molar-refractivity contribution in [2.75, 3.05) is 5.32 Å². The van der Waals surface area contributed by atoms with E-state index in [9.17, 15) is 14.9 Å². The molecular formula is C22H21N7O3S2.